The molecule has 1 saturated heterocycles. The van der Waals surface area contributed by atoms with Crippen LogP contribution in [0.25, 0.3) is 0 Å². The number of rotatable bonds is 3. The molecule has 1 aromatic heterocycles. The van der Waals surface area contributed by atoms with Gasteiger partial charge in [-0.1, -0.05) is 18.2 Å². The quantitative estimate of drug-likeness (QED) is 0.936. The smallest absolute Gasteiger partial charge is 0.323 e. The first-order valence-corrected chi connectivity index (χ1v) is 7.98. The molecule has 0 atom stereocenters. The van der Waals surface area contributed by atoms with Gasteiger partial charge in [0.25, 0.3) is 0 Å². The molecule has 2 amide bonds. The van der Waals surface area contributed by atoms with Gasteiger partial charge in [-0.05, 0) is 18.6 Å². The molecule has 1 N–H and O–H groups in total. The van der Waals surface area contributed by atoms with Crippen molar-refractivity contribution in [1.29, 1.82) is 0 Å². The number of nitrogens with one attached hydrogen (secondary N) is 1. The van der Waals surface area contributed by atoms with Crippen LogP contribution in [-0.4, -0.2) is 54.2 Å². The predicted molar refractivity (Wildman–Crippen MR) is 92.4 cm³/mol. The van der Waals surface area contributed by atoms with Gasteiger partial charge >= 0.3 is 6.03 Å². The highest BCUT2D eigenvalue weighted by molar-refractivity contribution is 5.89. The number of hydrogen-bond donors (Lipinski definition) is 1. The Morgan fingerprint density at radius 1 is 1.17 bits per heavy atom. The number of benzene rings is 1. The lowest BCUT2D eigenvalue weighted by Gasteiger charge is -2.23. The molecule has 1 fully saturated rings. The Hall–Kier alpha value is -2.83. The number of ether oxygens (including phenoxy) is 1. The Kier molecular flexibility index (Phi) is 5.10. The fourth-order valence-corrected chi connectivity index (χ4v) is 2.76. The van der Waals surface area contributed by atoms with Crippen molar-refractivity contribution in [2.24, 2.45) is 0 Å². The van der Waals surface area contributed by atoms with Crippen LogP contribution in [0.4, 0.5) is 16.3 Å². The first-order valence-electron chi connectivity index (χ1n) is 7.98. The van der Waals surface area contributed by atoms with Crippen LogP contribution < -0.4 is 15.0 Å². The first kappa shape index (κ1) is 16.0. The second kappa shape index (κ2) is 7.63. The van der Waals surface area contributed by atoms with Gasteiger partial charge in [0.15, 0.2) is 11.6 Å². The molecule has 0 aliphatic carbocycles. The van der Waals surface area contributed by atoms with Crippen LogP contribution in [0.3, 0.4) is 0 Å². The molecule has 2 aromatic rings. The van der Waals surface area contributed by atoms with E-state index in [1.165, 1.54) is 25.3 Å². The van der Waals surface area contributed by atoms with Crippen LogP contribution in [0.1, 0.15) is 6.42 Å². The van der Waals surface area contributed by atoms with Crippen molar-refractivity contribution >= 4 is 17.5 Å². The van der Waals surface area contributed by atoms with E-state index in [-0.39, 0.29) is 6.03 Å². The van der Waals surface area contributed by atoms with Gasteiger partial charge in [-0.2, -0.15) is 0 Å². The molecule has 7 nitrogen and oxygen atoms in total. The Bertz CT molecular complexity index is 680. The van der Waals surface area contributed by atoms with Crippen molar-refractivity contribution in [3.63, 3.8) is 0 Å². The van der Waals surface area contributed by atoms with Crippen molar-refractivity contribution in [2.45, 2.75) is 6.42 Å². The Balaban J connectivity index is 1.62. The summed E-state index contributed by atoms with van der Waals surface area (Å²) in [5, 5.41) is 2.81. The molecule has 24 heavy (non-hydrogen) atoms. The molecule has 126 valence electrons. The number of aromatic nitrogens is 2. The van der Waals surface area contributed by atoms with Crippen molar-refractivity contribution < 1.29 is 9.53 Å². The van der Waals surface area contributed by atoms with E-state index in [1.54, 1.807) is 0 Å². The van der Waals surface area contributed by atoms with Crippen LogP contribution in [0, 0.1) is 0 Å². The molecule has 0 bridgehead atoms. The molecule has 7 heteroatoms. The van der Waals surface area contributed by atoms with E-state index < -0.39 is 0 Å². The molecular weight excluding hydrogens is 306 g/mol. The van der Waals surface area contributed by atoms with Crippen LogP contribution in [0.2, 0.25) is 0 Å². The Morgan fingerprint density at radius 2 is 2.00 bits per heavy atom. The molecule has 1 aliphatic heterocycles. The molecule has 1 aromatic carbocycles. The average Bonchev–Trinajstić information content (AvgIpc) is 2.89. The SMILES string of the molecule is COc1cncnc1NC(=O)N1CCCN(c2ccccc2)CC1. The van der Waals surface area contributed by atoms with Crippen LogP contribution in [0.15, 0.2) is 42.9 Å². The summed E-state index contributed by atoms with van der Waals surface area (Å²) in [6.45, 7) is 3.11. The number of para-hydroxylation sites is 1. The predicted octanol–water partition coefficient (Wildman–Crippen LogP) is 2.23. The second-order valence-corrected chi connectivity index (χ2v) is 5.53. The lowest BCUT2D eigenvalue weighted by molar-refractivity contribution is 0.215. The zero-order valence-electron chi connectivity index (χ0n) is 13.7. The number of methoxy groups -OCH3 is 1. The highest BCUT2D eigenvalue weighted by atomic mass is 16.5. The number of carbonyl (C=O) groups is 1. The van der Waals surface area contributed by atoms with E-state index in [0.29, 0.717) is 24.7 Å². The molecule has 0 saturated carbocycles. The summed E-state index contributed by atoms with van der Waals surface area (Å²) in [4.78, 5) is 24.6. The molecule has 0 spiro atoms. The second-order valence-electron chi connectivity index (χ2n) is 5.53. The van der Waals surface area contributed by atoms with Crippen LogP contribution >= 0.6 is 0 Å². The fraction of sp³-hybridized carbons (Fsp3) is 0.353. The fourth-order valence-electron chi connectivity index (χ4n) is 2.76. The zero-order valence-corrected chi connectivity index (χ0v) is 13.7. The van der Waals surface area contributed by atoms with E-state index in [9.17, 15) is 4.79 Å². The van der Waals surface area contributed by atoms with Gasteiger partial charge in [0.1, 0.15) is 6.33 Å². The summed E-state index contributed by atoms with van der Waals surface area (Å²) >= 11 is 0. The summed E-state index contributed by atoms with van der Waals surface area (Å²) in [6.07, 6.45) is 3.84. The van der Waals surface area contributed by atoms with Gasteiger partial charge in [-0.25, -0.2) is 14.8 Å². The third-order valence-electron chi connectivity index (χ3n) is 4.03. The molecule has 1 aliphatic rings. The summed E-state index contributed by atoms with van der Waals surface area (Å²) in [7, 11) is 1.53. The minimum Gasteiger partial charge on any atom is -0.491 e. The summed E-state index contributed by atoms with van der Waals surface area (Å²) < 4.78 is 5.17. The Labute approximate surface area is 141 Å². The summed E-state index contributed by atoms with van der Waals surface area (Å²) in [6, 6.07) is 10.1. The summed E-state index contributed by atoms with van der Waals surface area (Å²) in [5.41, 5.74) is 1.19. The maximum Gasteiger partial charge on any atom is 0.323 e. The van der Waals surface area contributed by atoms with Crippen LogP contribution in [-0.2, 0) is 0 Å². The van der Waals surface area contributed by atoms with Gasteiger partial charge in [0, 0.05) is 31.9 Å². The number of amides is 2. The average molecular weight is 327 g/mol. The van der Waals surface area contributed by atoms with Gasteiger partial charge in [0.05, 0.1) is 13.3 Å². The monoisotopic (exact) mass is 327 g/mol. The maximum atomic E-state index is 12.5. The van der Waals surface area contributed by atoms with Gasteiger partial charge in [-0.3, -0.25) is 5.32 Å². The van der Waals surface area contributed by atoms with Crippen molar-refractivity contribution in [3.8, 4) is 5.75 Å². The number of hydrogen-bond acceptors (Lipinski definition) is 5. The standard InChI is InChI=1S/C17H21N5O2/c1-24-15-12-18-13-19-16(15)20-17(23)22-9-5-8-21(10-11-22)14-6-3-2-4-7-14/h2-4,6-7,12-13H,5,8-11H2,1H3,(H,18,19,20,23). The number of carbonyl (C=O) groups excluding carboxylic acids is 1. The lowest BCUT2D eigenvalue weighted by Crippen LogP contribution is -2.38. The maximum absolute atomic E-state index is 12.5. The topological polar surface area (TPSA) is 70.6 Å². The van der Waals surface area contributed by atoms with E-state index in [1.807, 2.05) is 23.1 Å². The minimum absolute atomic E-state index is 0.165. The van der Waals surface area contributed by atoms with Gasteiger partial charge in [0.2, 0.25) is 0 Å². The molecule has 0 radical (unpaired) electrons. The van der Waals surface area contributed by atoms with Crippen molar-refractivity contribution in [2.75, 3.05) is 43.5 Å². The highest BCUT2D eigenvalue weighted by Gasteiger charge is 2.20. The number of anilines is 2. The third-order valence-corrected chi connectivity index (χ3v) is 4.03. The van der Waals surface area contributed by atoms with E-state index in [2.05, 4.69) is 32.3 Å². The third kappa shape index (κ3) is 3.73. The molecular formula is C17H21N5O2. The molecule has 0 unspecified atom stereocenters. The summed E-state index contributed by atoms with van der Waals surface area (Å²) in [5.74, 6) is 0.841. The lowest BCUT2D eigenvalue weighted by atomic mass is 10.3. The largest absolute Gasteiger partial charge is 0.491 e. The first-order chi connectivity index (χ1) is 11.8. The normalized spacial score (nSPS) is 14.9. The number of urea groups is 1. The van der Waals surface area contributed by atoms with E-state index >= 15 is 0 Å². The van der Waals surface area contributed by atoms with Crippen molar-refractivity contribution in [1.82, 2.24) is 14.9 Å². The highest BCUT2D eigenvalue weighted by Crippen LogP contribution is 2.20. The molecule has 3 rings (SSSR count). The van der Waals surface area contributed by atoms with Gasteiger partial charge < -0.3 is 14.5 Å². The van der Waals surface area contributed by atoms with Gasteiger partial charge in [-0.15, -0.1) is 0 Å². The van der Waals surface area contributed by atoms with E-state index in [4.69, 9.17) is 4.74 Å². The van der Waals surface area contributed by atoms with E-state index in [0.717, 1.165) is 19.5 Å². The van der Waals surface area contributed by atoms with Crippen molar-refractivity contribution in [3.05, 3.63) is 42.9 Å². The Morgan fingerprint density at radius 3 is 2.79 bits per heavy atom. The number of nitrogens with zero attached hydrogens (tertiary/aromatic N) is 4. The molecule has 2 heterocycles. The van der Waals surface area contributed by atoms with Crippen LogP contribution in [0.5, 0.6) is 5.75 Å². The zero-order chi connectivity index (χ0) is 16.8. The minimum atomic E-state index is -0.165.